The van der Waals surface area contributed by atoms with E-state index >= 15 is 0 Å². The van der Waals surface area contributed by atoms with Gasteiger partial charge in [-0.25, -0.2) is 0 Å². The average Bonchev–Trinajstić information content (AvgIpc) is 2.01. The van der Waals surface area contributed by atoms with E-state index in [1.54, 1.807) is 0 Å². The summed E-state index contributed by atoms with van der Waals surface area (Å²) in [5, 5.41) is 3.58. The van der Waals surface area contributed by atoms with Gasteiger partial charge >= 0.3 is 0 Å². The molecule has 0 aromatic carbocycles. The van der Waals surface area contributed by atoms with Crippen molar-refractivity contribution < 1.29 is 0 Å². The van der Waals surface area contributed by atoms with Crippen LogP contribution in [-0.2, 0) is 0 Å². The van der Waals surface area contributed by atoms with Crippen molar-refractivity contribution in [2.45, 2.75) is 53.9 Å². The lowest BCUT2D eigenvalue weighted by Crippen LogP contribution is -2.45. The van der Waals surface area contributed by atoms with Crippen LogP contribution in [0.1, 0.15) is 53.9 Å². The molecule has 0 amide bonds. The lowest BCUT2D eigenvalue weighted by molar-refractivity contribution is 0.0483. The summed E-state index contributed by atoms with van der Waals surface area (Å²) in [5.41, 5.74) is 0.957. The Labute approximate surface area is 89.7 Å². The zero-order chi connectivity index (χ0) is 10.8. The predicted octanol–water partition coefficient (Wildman–Crippen LogP) is 3.45. The van der Waals surface area contributed by atoms with Crippen LogP contribution in [0, 0.1) is 16.7 Å². The molecule has 1 heterocycles. The van der Waals surface area contributed by atoms with Crippen LogP contribution in [0.15, 0.2) is 0 Å². The molecule has 1 fully saturated rings. The van der Waals surface area contributed by atoms with E-state index in [1.165, 1.54) is 32.4 Å². The van der Waals surface area contributed by atoms with Gasteiger partial charge in [0.1, 0.15) is 0 Å². The highest BCUT2D eigenvalue weighted by Gasteiger charge is 2.39. The van der Waals surface area contributed by atoms with Gasteiger partial charge in [0.05, 0.1) is 0 Å². The molecule has 0 aliphatic carbocycles. The largest absolute Gasteiger partial charge is 0.316 e. The first-order valence-corrected chi connectivity index (χ1v) is 6.11. The predicted molar refractivity (Wildman–Crippen MR) is 63.4 cm³/mol. The highest BCUT2D eigenvalue weighted by atomic mass is 14.9. The van der Waals surface area contributed by atoms with E-state index in [4.69, 9.17) is 0 Å². The van der Waals surface area contributed by atoms with Gasteiger partial charge < -0.3 is 5.32 Å². The Morgan fingerprint density at radius 1 is 1.14 bits per heavy atom. The van der Waals surface area contributed by atoms with Crippen molar-refractivity contribution in [2.75, 3.05) is 13.1 Å². The van der Waals surface area contributed by atoms with Gasteiger partial charge in [-0.05, 0) is 36.1 Å². The van der Waals surface area contributed by atoms with Crippen LogP contribution in [0.4, 0.5) is 0 Å². The van der Waals surface area contributed by atoms with Crippen molar-refractivity contribution >= 4 is 0 Å². The summed E-state index contributed by atoms with van der Waals surface area (Å²) < 4.78 is 0. The van der Waals surface area contributed by atoms with E-state index in [1.807, 2.05) is 0 Å². The van der Waals surface area contributed by atoms with Gasteiger partial charge in [0, 0.05) is 6.54 Å². The molecule has 1 rings (SSSR count). The van der Waals surface area contributed by atoms with Crippen molar-refractivity contribution in [3.63, 3.8) is 0 Å². The Balaban J connectivity index is 2.84. The van der Waals surface area contributed by atoms with E-state index in [0.29, 0.717) is 10.8 Å². The molecule has 0 aromatic rings. The van der Waals surface area contributed by atoms with E-state index in [-0.39, 0.29) is 0 Å². The first-order valence-electron chi connectivity index (χ1n) is 6.11. The lowest BCUT2D eigenvalue weighted by atomic mass is 9.61. The van der Waals surface area contributed by atoms with Crippen molar-refractivity contribution in [3.8, 4) is 0 Å². The summed E-state index contributed by atoms with van der Waals surface area (Å²) in [6, 6.07) is 0. The summed E-state index contributed by atoms with van der Waals surface area (Å²) in [6.45, 7) is 14.5. The maximum Gasteiger partial charge on any atom is 0.000537 e. The fourth-order valence-electron chi connectivity index (χ4n) is 3.54. The molecule has 0 radical (unpaired) electrons. The second kappa shape index (κ2) is 4.22. The van der Waals surface area contributed by atoms with E-state index in [9.17, 15) is 0 Å². The van der Waals surface area contributed by atoms with Crippen LogP contribution in [-0.4, -0.2) is 13.1 Å². The third-order valence-electron chi connectivity index (χ3n) is 4.05. The van der Waals surface area contributed by atoms with Gasteiger partial charge in [0.2, 0.25) is 0 Å². The maximum absolute atomic E-state index is 3.58. The van der Waals surface area contributed by atoms with Crippen LogP contribution in [0.25, 0.3) is 0 Å². The molecule has 1 saturated heterocycles. The van der Waals surface area contributed by atoms with E-state index < -0.39 is 0 Å². The molecule has 1 atom stereocenters. The summed E-state index contributed by atoms with van der Waals surface area (Å²) in [6.07, 6.45) is 4.00. The maximum atomic E-state index is 3.58. The normalized spacial score (nSPS) is 31.9. The number of hydrogen-bond donors (Lipinski definition) is 1. The molecular weight excluding hydrogens is 170 g/mol. The molecule has 1 heteroatoms. The zero-order valence-electron chi connectivity index (χ0n) is 10.6. The highest BCUT2D eigenvalue weighted by Crippen LogP contribution is 2.45. The molecule has 84 valence electrons. The second-order valence-corrected chi connectivity index (χ2v) is 6.22. The monoisotopic (exact) mass is 197 g/mol. The minimum absolute atomic E-state index is 0.443. The third-order valence-corrected chi connectivity index (χ3v) is 4.05. The topological polar surface area (TPSA) is 12.0 Å². The summed E-state index contributed by atoms with van der Waals surface area (Å²) in [7, 11) is 0. The molecule has 0 bridgehead atoms. The van der Waals surface area contributed by atoms with Gasteiger partial charge in [0.15, 0.2) is 0 Å². The number of hydrogen-bond acceptors (Lipinski definition) is 1. The third kappa shape index (κ3) is 2.50. The number of nitrogens with one attached hydrogen (secondary N) is 1. The number of rotatable bonds is 1. The lowest BCUT2D eigenvalue weighted by Gasteiger charge is -2.46. The Kier molecular flexibility index (Phi) is 3.63. The molecule has 0 aromatic heterocycles. The highest BCUT2D eigenvalue weighted by molar-refractivity contribution is 4.91. The van der Waals surface area contributed by atoms with Crippen LogP contribution in [0.2, 0.25) is 0 Å². The van der Waals surface area contributed by atoms with Crippen molar-refractivity contribution in [2.24, 2.45) is 16.7 Å². The molecule has 1 nitrogen and oxygen atoms in total. The molecule has 14 heavy (non-hydrogen) atoms. The molecule has 0 saturated carbocycles. The van der Waals surface area contributed by atoms with Crippen LogP contribution in [0.5, 0.6) is 0 Å². The molecule has 0 spiro atoms. The SMILES string of the molecule is CCC1C(C)(C)CCCNCC1(C)C. The van der Waals surface area contributed by atoms with Gasteiger partial charge in [-0.1, -0.05) is 41.0 Å². The van der Waals surface area contributed by atoms with Gasteiger partial charge in [-0.3, -0.25) is 0 Å². The van der Waals surface area contributed by atoms with Gasteiger partial charge in [-0.2, -0.15) is 0 Å². The summed E-state index contributed by atoms with van der Waals surface area (Å²) in [4.78, 5) is 0. The first-order chi connectivity index (χ1) is 6.40. The Morgan fingerprint density at radius 2 is 1.79 bits per heavy atom. The molecule has 1 N–H and O–H groups in total. The van der Waals surface area contributed by atoms with Gasteiger partial charge in [-0.15, -0.1) is 0 Å². The molecule has 1 aliphatic rings. The Bertz CT molecular complexity index is 164. The minimum Gasteiger partial charge on any atom is -0.316 e. The summed E-state index contributed by atoms with van der Waals surface area (Å²) >= 11 is 0. The molecular formula is C13H27N. The quantitative estimate of drug-likeness (QED) is 0.679. The summed E-state index contributed by atoms with van der Waals surface area (Å²) in [5.74, 6) is 0.836. The van der Waals surface area contributed by atoms with Gasteiger partial charge in [0.25, 0.3) is 0 Å². The molecule has 1 unspecified atom stereocenters. The minimum atomic E-state index is 0.443. The van der Waals surface area contributed by atoms with Crippen molar-refractivity contribution in [1.29, 1.82) is 0 Å². The smallest absolute Gasteiger partial charge is 0.000537 e. The fraction of sp³-hybridized carbons (Fsp3) is 1.00. The van der Waals surface area contributed by atoms with Crippen LogP contribution >= 0.6 is 0 Å². The fourth-order valence-corrected chi connectivity index (χ4v) is 3.54. The van der Waals surface area contributed by atoms with Crippen molar-refractivity contribution in [3.05, 3.63) is 0 Å². The average molecular weight is 197 g/mol. The van der Waals surface area contributed by atoms with Crippen LogP contribution < -0.4 is 5.32 Å². The first kappa shape index (κ1) is 12.0. The zero-order valence-corrected chi connectivity index (χ0v) is 10.6. The molecule has 1 aliphatic heterocycles. The second-order valence-electron chi connectivity index (χ2n) is 6.22. The van der Waals surface area contributed by atoms with Crippen molar-refractivity contribution in [1.82, 2.24) is 5.32 Å². The standard InChI is InChI=1S/C13H27N/c1-6-11-12(2,3)8-7-9-14-10-13(11,4)5/h11,14H,6-10H2,1-5H3. The van der Waals surface area contributed by atoms with Crippen LogP contribution in [0.3, 0.4) is 0 Å². The Morgan fingerprint density at radius 3 is 2.36 bits per heavy atom. The van der Waals surface area contributed by atoms with E-state index in [2.05, 4.69) is 39.9 Å². The Hall–Kier alpha value is -0.0400. The van der Waals surface area contributed by atoms with E-state index in [0.717, 1.165) is 5.92 Å².